The SMILES string of the molecule is NC1CC1.O=C1CCCO1. The van der Waals surface area contributed by atoms with Crippen molar-refractivity contribution in [3.63, 3.8) is 0 Å². The number of hydrogen-bond donors (Lipinski definition) is 1. The summed E-state index contributed by atoms with van der Waals surface area (Å²) >= 11 is 0. The maximum absolute atomic E-state index is 10.0. The highest BCUT2D eigenvalue weighted by molar-refractivity contribution is 5.70. The van der Waals surface area contributed by atoms with E-state index < -0.39 is 0 Å². The van der Waals surface area contributed by atoms with Gasteiger partial charge in [-0.1, -0.05) is 0 Å². The number of rotatable bonds is 0. The van der Waals surface area contributed by atoms with Gasteiger partial charge in [0.1, 0.15) is 0 Å². The molecule has 0 amide bonds. The summed E-state index contributed by atoms with van der Waals surface area (Å²) in [6, 6.07) is 0.583. The van der Waals surface area contributed by atoms with Gasteiger partial charge >= 0.3 is 5.97 Å². The molecule has 3 nitrogen and oxygen atoms in total. The van der Waals surface area contributed by atoms with Crippen molar-refractivity contribution in [2.75, 3.05) is 6.61 Å². The zero-order valence-electron chi connectivity index (χ0n) is 6.01. The van der Waals surface area contributed by atoms with Gasteiger partial charge in [-0.3, -0.25) is 4.79 Å². The van der Waals surface area contributed by atoms with Crippen molar-refractivity contribution in [1.29, 1.82) is 0 Å². The quantitative estimate of drug-likeness (QED) is 0.500. The topological polar surface area (TPSA) is 52.3 Å². The molecule has 0 radical (unpaired) electrons. The highest BCUT2D eigenvalue weighted by atomic mass is 16.5. The third-order valence-corrected chi connectivity index (χ3v) is 1.41. The monoisotopic (exact) mass is 143 g/mol. The van der Waals surface area contributed by atoms with Gasteiger partial charge in [-0.15, -0.1) is 0 Å². The predicted molar refractivity (Wildman–Crippen MR) is 37.4 cm³/mol. The smallest absolute Gasteiger partial charge is 0.305 e. The van der Waals surface area contributed by atoms with Gasteiger partial charge in [0.05, 0.1) is 6.61 Å². The van der Waals surface area contributed by atoms with Gasteiger partial charge < -0.3 is 10.5 Å². The highest BCUT2D eigenvalue weighted by Crippen LogP contribution is 2.13. The normalized spacial score (nSPS) is 23.1. The van der Waals surface area contributed by atoms with Gasteiger partial charge in [0, 0.05) is 12.5 Å². The van der Waals surface area contributed by atoms with Gasteiger partial charge in [-0.25, -0.2) is 0 Å². The number of ether oxygens (including phenoxy) is 1. The summed E-state index contributed by atoms with van der Waals surface area (Å²) in [5, 5.41) is 0. The summed E-state index contributed by atoms with van der Waals surface area (Å²) < 4.78 is 4.51. The molecule has 1 aliphatic carbocycles. The summed E-state index contributed by atoms with van der Waals surface area (Å²) in [5.74, 6) is -0.0463. The van der Waals surface area contributed by atoms with Crippen molar-refractivity contribution < 1.29 is 9.53 Å². The molecule has 1 heterocycles. The first kappa shape index (κ1) is 7.54. The van der Waals surface area contributed by atoms with Gasteiger partial charge in [0.25, 0.3) is 0 Å². The number of carbonyl (C=O) groups is 1. The van der Waals surface area contributed by atoms with E-state index in [1.807, 2.05) is 0 Å². The predicted octanol–water partition coefficient (Wildman–Crippen LogP) is 0.431. The summed E-state index contributed by atoms with van der Waals surface area (Å²) in [6.07, 6.45) is 4.07. The van der Waals surface area contributed by atoms with Crippen LogP contribution in [0.4, 0.5) is 0 Å². The molecule has 0 aromatic rings. The second-order valence-corrected chi connectivity index (χ2v) is 2.66. The maximum atomic E-state index is 10.0. The third kappa shape index (κ3) is 3.45. The fraction of sp³-hybridized carbons (Fsp3) is 0.857. The van der Waals surface area contributed by atoms with E-state index in [9.17, 15) is 4.79 Å². The van der Waals surface area contributed by atoms with Crippen LogP contribution in [0.2, 0.25) is 0 Å². The standard InChI is InChI=1S/C4H6O2.C3H7N/c5-4-2-1-3-6-4;4-3-1-2-3/h1-3H2;3H,1-2,4H2. The van der Waals surface area contributed by atoms with Gasteiger partial charge in [0.2, 0.25) is 0 Å². The van der Waals surface area contributed by atoms with E-state index in [-0.39, 0.29) is 5.97 Å². The van der Waals surface area contributed by atoms with E-state index in [0.29, 0.717) is 19.1 Å². The second kappa shape index (κ2) is 3.56. The maximum Gasteiger partial charge on any atom is 0.305 e. The van der Waals surface area contributed by atoms with Gasteiger partial charge in [-0.2, -0.15) is 0 Å². The molecule has 0 aromatic carbocycles. The minimum absolute atomic E-state index is 0.0463. The van der Waals surface area contributed by atoms with Gasteiger partial charge in [0.15, 0.2) is 0 Å². The van der Waals surface area contributed by atoms with Crippen LogP contribution >= 0.6 is 0 Å². The van der Waals surface area contributed by atoms with Crippen molar-refractivity contribution in [1.82, 2.24) is 0 Å². The average molecular weight is 143 g/mol. The molecule has 0 atom stereocenters. The first-order valence-corrected chi connectivity index (χ1v) is 3.70. The Kier molecular flexibility index (Phi) is 2.68. The molecule has 1 saturated heterocycles. The number of hydrogen-bond acceptors (Lipinski definition) is 3. The zero-order valence-corrected chi connectivity index (χ0v) is 6.01. The Labute approximate surface area is 60.5 Å². The van der Waals surface area contributed by atoms with E-state index >= 15 is 0 Å². The Balaban J connectivity index is 0.000000108. The molecule has 0 bridgehead atoms. The van der Waals surface area contributed by atoms with Gasteiger partial charge in [-0.05, 0) is 19.3 Å². The Bertz CT molecular complexity index is 113. The number of esters is 1. The Morgan fingerprint density at radius 1 is 1.50 bits per heavy atom. The van der Waals surface area contributed by atoms with Crippen molar-refractivity contribution in [2.24, 2.45) is 5.73 Å². The van der Waals surface area contributed by atoms with Crippen molar-refractivity contribution in [3.8, 4) is 0 Å². The summed E-state index contributed by atoms with van der Waals surface area (Å²) in [5.41, 5.74) is 5.22. The van der Waals surface area contributed by atoms with Crippen LogP contribution in [0.1, 0.15) is 25.7 Å². The molecule has 0 spiro atoms. The van der Waals surface area contributed by atoms with E-state index in [1.54, 1.807) is 0 Å². The van der Waals surface area contributed by atoms with Crippen LogP contribution < -0.4 is 5.73 Å². The van der Waals surface area contributed by atoms with Crippen LogP contribution in [-0.2, 0) is 9.53 Å². The molecule has 10 heavy (non-hydrogen) atoms. The Morgan fingerprint density at radius 3 is 2.20 bits per heavy atom. The summed E-state index contributed by atoms with van der Waals surface area (Å²) in [7, 11) is 0. The van der Waals surface area contributed by atoms with E-state index in [4.69, 9.17) is 5.73 Å². The lowest BCUT2D eigenvalue weighted by atomic mass is 10.4. The van der Waals surface area contributed by atoms with Crippen molar-refractivity contribution in [2.45, 2.75) is 31.7 Å². The van der Waals surface area contributed by atoms with Crippen LogP contribution in [0.15, 0.2) is 0 Å². The Morgan fingerprint density at radius 2 is 2.10 bits per heavy atom. The minimum atomic E-state index is -0.0463. The lowest BCUT2D eigenvalue weighted by molar-refractivity contribution is -0.137. The lowest BCUT2D eigenvalue weighted by Gasteiger charge is -1.81. The molecule has 2 rings (SSSR count). The molecule has 2 N–H and O–H groups in total. The molecule has 2 fully saturated rings. The molecule has 58 valence electrons. The molecule has 2 aliphatic rings. The van der Waals surface area contributed by atoms with E-state index in [2.05, 4.69) is 4.74 Å². The third-order valence-electron chi connectivity index (χ3n) is 1.41. The minimum Gasteiger partial charge on any atom is -0.466 e. The fourth-order valence-electron chi connectivity index (χ4n) is 0.571. The van der Waals surface area contributed by atoms with Crippen LogP contribution in [-0.4, -0.2) is 18.6 Å². The number of carbonyl (C=O) groups excluding carboxylic acids is 1. The largest absolute Gasteiger partial charge is 0.466 e. The van der Waals surface area contributed by atoms with Crippen molar-refractivity contribution >= 4 is 5.97 Å². The molecule has 0 aromatic heterocycles. The van der Waals surface area contributed by atoms with E-state index in [0.717, 1.165) is 6.42 Å². The van der Waals surface area contributed by atoms with Crippen molar-refractivity contribution in [3.05, 3.63) is 0 Å². The van der Waals surface area contributed by atoms with Crippen LogP contribution in [0.25, 0.3) is 0 Å². The average Bonchev–Trinajstić information content (AvgIpc) is 2.50. The first-order chi connectivity index (χ1) is 4.79. The zero-order chi connectivity index (χ0) is 7.40. The first-order valence-electron chi connectivity index (χ1n) is 3.70. The highest BCUT2D eigenvalue weighted by Gasteiger charge is 2.13. The fourth-order valence-corrected chi connectivity index (χ4v) is 0.571. The molecular weight excluding hydrogens is 130 g/mol. The molecule has 3 heteroatoms. The summed E-state index contributed by atoms with van der Waals surface area (Å²) in [6.45, 7) is 0.638. The molecule has 1 saturated carbocycles. The van der Waals surface area contributed by atoms with Crippen LogP contribution in [0, 0.1) is 0 Å². The van der Waals surface area contributed by atoms with Crippen LogP contribution in [0.5, 0.6) is 0 Å². The molecular formula is C7H13NO2. The van der Waals surface area contributed by atoms with Crippen LogP contribution in [0.3, 0.4) is 0 Å². The van der Waals surface area contributed by atoms with E-state index in [1.165, 1.54) is 12.8 Å². The molecule has 0 unspecified atom stereocenters. The summed E-state index contributed by atoms with van der Waals surface area (Å²) in [4.78, 5) is 10.0. The lowest BCUT2D eigenvalue weighted by Crippen LogP contribution is -1.94. The Hall–Kier alpha value is -0.570. The molecule has 1 aliphatic heterocycles. The number of cyclic esters (lactones) is 1. The number of nitrogens with two attached hydrogens (primary N) is 1. The second-order valence-electron chi connectivity index (χ2n) is 2.66.